The summed E-state index contributed by atoms with van der Waals surface area (Å²) in [5, 5.41) is 0. The Morgan fingerprint density at radius 1 is 1.18 bits per heavy atom. The molecule has 1 aromatic carbocycles. The summed E-state index contributed by atoms with van der Waals surface area (Å²) in [6.45, 7) is 5.18. The third kappa shape index (κ3) is 2.85. The maximum atomic E-state index is 5.18. The Labute approximate surface area is 67.9 Å². The summed E-state index contributed by atoms with van der Waals surface area (Å²) >= 11 is 0. The fraction of sp³-hybridized carbons (Fsp3) is 0.0909. The van der Waals surface area contributed by atoms with Gasteiger partial charge in [-0.3, -0.25) is 0 Å². The number of rotatable bonds is 3. The van der Waals surface area contributed by atoms with E-state index in [1.54, 1.807) is 6.08 Å². The van der Waals surface area contributed by atoms with Crippen molar-refractivity contribution in [1.29, 1.82) is 0 Å². The molecule has 1 aromatic rings. The second kappa shape index (κ2) is 4.51. The Morgan fingerprint density at radius 2 is 1.91 bits per heavy atom. The highest BCUT2D eigenvalue weighted by Crippen LogP contribution is 1.99. The monoisotopic (exact) mass is 143 g/mol. The molecule has 11 heavy (non-hydrogen) atoms. The van der Waals surface area contributed by atoms with Crippen LogP contribution in [0.25, 0.3) is 0 Å². The zero-order valence-corrected chi connectivity index (χ0v) is 6.40. The van der Waals surface area contributed by atoms with Crippen molar-refractivity contribution in [3.63, 3.8) is 0 Å². The van der Waals surface area contributed by atoms with Crippen LogP contribution in [0.1, 0.15) is 5.56 Å². The molecule has 0 fully saturated rings. The van der Waals surface area contributed by atoms with Crippen molar-refractivity contribution in [3.05, 3.63) is 60.7 Å². The third-order valence-corrected chi connectivity index (χ3v) is 1.44. The van der Waals surface area contributed by atoms with Crippen molar-refractivity contribution in [1.82, 2.24) is 0 Å². The lowest BCUT2D eigenvalue weighted by molar-refractivity contribution is 1.27. The molecule has 0 amide bonds. The molecule has 1 rings (SSSR count). The molecule has 0 N–H and O–H groups in total. The summed E-state index contributed by atoms with van der Waals surface area (Å²) in [5.74, 6) is 0. The van der Waals surface area contributed by atoms with Crippen molar-refractivity contribution in [2.24, 2.45) is 0 Å². The van der Waals surface area contributed by atoms with Crippen molar-refractivity contribution in [2.75, 3.05) is 0 Å². The lowest BCUT2D eigenvalue weighted by Crippen LogP contribution is -1.77. The first kappa shape index (κ1) is 7.80. The van der Waals surface area contributed by atoms with E-state index in [-0.39, 0.29) is 0 Å². The second-order valence-corrected chi connectivity index (χ2v) is 2.31. The molecule has 55 valence electrons. The van der Waals surface area contributed by atoms with Gasteiger partial charge in [-0.25, -0.2) is 0 Å². The first-order chi connectivity index (χ1) is 5.43. The van der Waals surface area contributed by atoms with Crippen LogP contribution in [-0.4, -0.2) is 0 Å². The van der Waals surface area contributed by atoms with Gasteiger partial charge in [-0.1, -0.05) is 55.1 Å². The smallest absolute Gasteiger partial charge is 0.00943 e. The van der Waals surface area contributed by atoms with E-state index in [9.17, 15) is 0 Å². The van der Waals surface area contributed by atoms with Crippen LogP contribution in [0.4, 0.5) is 0 Å². The summed E-state index contributed by atoms with van der Waals surface area (Å²) in [6, 6.07) is 10.3. The molecule has 0 saturated carbocycles. The standard InChI is InChI=1S/C11H11/c1-2-3-5-8-11-9-6-4-7-10-11/h1-7,9-10H,8H2/b2-1?,5-3+. The summed E-state index contributed by atoms with van der Waals surface area (Å²) in [5.41, 5.74) is 1.31. The molecular weight excluding hydrogens is 132 g/mol. The molecule has 0 heterocycles. The molecule has 0 aliphatic carbocycles. The Bertz CT molecular complexity index is 231. The summed E-state index contributed by atoms with van der Waals surface area (Å²) in [6.07, 6.45) is 6.39. The van der Waals surface area contributed by atoms with Gasteiger partial charge in [0.2, 0.25) is 0 Å². The molecule has 1 radical (unpaired) electrons. The average Bonchev–Trinajstić information content (AvgIpc) is 2.07. The zero-order chi connectivity index (χ0) is 7.94. The number of hydrogen-bond acceptors (Lipinski definition) is 0. The lowest BCUT2D eigenvalue weighted by atomic mass is 10.1. The van der Waals surface area contributed by atoms with Gasteiger partial charge in [-0.05, 0) is 12.0 Å². The number of hydrogen-bond donors (Lipinski definition) is 0. The van der Waals surface area contributed by atoms with Crippen molar-refractivity contribution in [3.8, 4) is 0 Å². The SMILES string of the molecule is [CH]=C/C=C/Cc1ccccc1. The summed E-state index contributed by atoms with van der Waals surface area (Å²) in [4.78, 5) is 0. The normalized spacial score (nSPS) is 10.2. The minimum absolute atomic E-state index is 0.953. The van der Waals surface area contributed by atoms with E-state index in [1.807, 2.05) is 30.4 Å². The predicted molar refractivity (Wildman–Crippen MR) is 48.2 cm³/mol. The van der Waals surface area contributed by atoms with Crippen LogP contribution in [-0.2, 0) is 6.42 Å². The maximum absolute atomic E-state index is 5.18. The van der Waals surface area contributed by atoms with Gasteiger partial charge in [0, 0.05) is 0 Å². The van der Waals surface area contributed by atoms with E-state index in [0.717, 1.165) is 6.42 Å². The van der Waals surface area contributed by atoms with Gasteiger partial charge in [-0.15, -0.1) is 0 Å². The largest absolute Gasteiger partial charge is 0.0801 e. The van der Waals surface area contributed by atoms with Crippen molar-refractivity contribution < 1.29 is 0 Å². The highest BCUT2D eigenvalue weighted by Gasteiger charge is 1.83. The van der Waals surface area contributed by atoms with Gasteiger partial charge in [0.25, 0.3) is 0 Å². The Balaban J connectivity index is 2.51. The lowest BCUT2D eigenvalue weighted by Gasteiger charge is -1.92. The molecule has 0 aliphatic rings. The van der Waals surface area contributed by atoms with Gasteiger partial charge in [0.05, 0.1) is 0 Å². The molecule has 0 heteroatoms. The van der Waals surface area contributed by atoms with Gasteiger partial charge >= 0.3 is 0 Å². The van der Waals surface area contributed by atoms with Crippen molar-refractivity contribution >= 4 is 0 Å². The van der Waals surface area contributed by atoms with E-state index in [1.165, 1.54) is 5.56 Å². The highest BCUT2D eigenvalue weighted by atomic mass is 13.9. The first-order valence-corrected chi connectivity index (χ1v) is 3.67. The molecule has 0 aliphatic heterocycles. The number of benzene rings is 1. The molecule has 0 unspecified atom stereocenters. The third-order valence-electron chi connectivity index (χ3n) is 1.44. The molecule has 0 spiro atoms. The van der Waals surface area contributed by atoms with Crippen LogP contribution in [0.3, 0.4) is 0 Å². The van der Waals surface area contributed by atoms with E-state index < -0.39 is 0 Å². The molecular formula is C11H11. The van der Waals surface area contributed by atoms with E-state index in [2.05, 4.69) is 12.1 Å². The molecule has 0 aromatic heterocycles. The van der Waals surface area contributed by atoms with Crippen LogP contribution >= 0.6 is 0 Å². The van der Waals surface area contributed by atoms with Crippen LogP contribution in [0, 0.1) is 6.58 Å². The minimum atomic E-state index is 0.953. The Hall–Kier alpha value is -1.30. The van der Waals surface area contributed by atoms with Gasteiger partial charge in [0.15, 0.2) is 0 Å². The molecule has 0 saturated heterocycles. The predicted octanol–water partition coefficient (Wildman–Crippen LogP) is 2.77. The second-order valence-electron chi connectivity index (χ2n) is 2.31. The Kier molecular flexibility index (Phi) is 3.20. The van der Waals surface area contributed by atoms with E-state index in [0.29, 0.717) is 0 Å². The quantitative estimate of drug-likeness (QED) is 0.571. The summed E-state index contributed by atoms with van der Waals surface area (Å²) < 4.78 is 0. The van der Waals surface area contributed by atoms with Gasteiger partial charge < -0.3 is 0 Å². The van der Waals surface area contributed by atoms with E-state index >= 15 is 0 Å². The van der Waals surface area contributed by atoms with Crippen molar-refractivity contribution in [2.45, 2.75) is 6.42 Å². The minimum Gasteiger partial charge on any atom is -0.0801 e. The highest BCUT2D eigenvalue weighted by molar-refractivity contribution is 5.18. The zero-order valence-electron chi connectivity index (χ0n) is 6.40. The molecule has 0 atom stereocenters. The molecule has 0 bridgehead atoms. The van der Waals surface area contributed by atoms with Gasteiger partial charge in [0.1, 0.15) is 0 Å². The number of allylic oxidation sites excluding steroid dienone is 3. The maximum Gasteiger partial charge on any atom is -0.00943 e. The van der Waals surface area contributed by atoms with E-state index in [4.69, 9.17) is 6.58 Å². The average molecular weight is 143 g/mol. The summed E-state index contributed by atoms with van der Waals surface area (Å²) in [7, 11) is 0. The van der Waals surface area contributed by atoms with Crippen LogP contribution in [0.2, 0.25) is 0 Å². The fourth-order valence-electron chi connectivity index (χ4n) is 0.897. The Morgan fingerprint density at radius 3 is 2.55 bits per heavy atom. The van der Waals surface area contributed by atoms with Crippen LogP contribution in [0.15, 0.2) is 48.6 Å². The first-order valence-electron chi connectivity index (χ1n) is 3.67. The van der Waals surface area contributed by atoms with Crippen LogP contribution < -0.4 is 0 Å². The fourth-order valence-corrected chi connectivity index (χ4v) is 0.897. The topological polar surface area (TPSA) is 0 Å². The van der Waals surface area contributed by atoms with Crippen LogP contribution in [0.5, 0.6) is 0 Å². The molecule has 0 nitrogen and oxygen atoms in total. The van der Waals surface area contributed by atoms with Gasteiger partial charge in [-0.2, -0.15) is 0 Å².